The number of nitrogens with zero attached hydrogens (tertiary/aromatic N) is 2. The molecule has 0 bridgehead atoms. The van der Waals surface area contributed by atoms with Crippen LogP contribution in [0.3, 0.4) is 0 Å². The van der Waals surface area contributed by atoms with Crippen LogP contribution in [-0.2, 0) is 0 Å². The highest BCUT2D eigenvalue weighted by Gasteiger charge is 2.23. The molecule has 59 heavy (non-hydrogen) atoms. The molecule has 3 heteroatoms. The summed E-state index contributed by atoms with van der Waals surface area (Å²) >= 11 is 0. The lowest BCUT2D eigenvalue weighted by atomic mass is 9.97. The molecule has 0 radical (unpaired) electrons. The second kappa shape index (κ2) is 13.4. The minimum atomic E-state index is 0.861. The SMILES string of the molecule is c1cc(-c2ccc(N(c3ccc(-c4cccc5ccccc45)cc3)c3ccc4ccccc4c3)c3c2oc2ccccc23)cc(-n2c3ccccc3c3ccccc32)c1. The molecule has 2 heterocycles. The van der Waals surface area contributed by atoms with Gasteiger partial charge in [-0.2, -0.15) is 0 Å². The van der Waals surface area contributed by atoms with Crippen molar-refractivity contribution in [2.75, 3.05) is 4.90 Å². The summed E-state index contributed by atoms with van der Waals surface area (Å²) in [7, 11) is 0. The zero-order chi connectivity index (χ0) is 38.9. The third kappa shape index (κ3) is 5.36. The summed E-state index contributed by atoms with van der Waals surface area (Å²) in [6.07, 6.45) is 0. The van der Waals surface area contributed by atoms with Crippen molar-refractivity contribution in [1.82, 2.24) is 4.57 Å². The van der Waals surface area contributed by atoms with Crippen molar-refractivity contribution in [1.29, 1.82) is 0 Å². The second-order valence-corrected chi connectivity index (χ2v) is 15.3. The highest BCUT2D eigenvalue weighted by atomic mass is 16.3. The van der Waals surface area contributed by atoms with E-state index in [1.807, 2.05) is 0 Å². The monoisotopic (exact) mass is 752 g/mol. The molecule has 0 atom stereocenters. The molecule has 0 N–H and O–H groups in total. The first-order valence-corrected chi connectivity index (χ1v) is 20.2. The summed E-state index contributed by atoms with van der Waals surface area (Å²) < 4.78 is 9.30. The van der Waals surface area contributed by atoms with Crippen molar-refractivity contribution in [2.45, 2.75) is 0 Å². The van der Waals surface area contributed by atoms with Crippen LogP contribution in [0.4, 0.5) is 17.1 Å². The van der Waals surface area contributed by atoms with Crippen LogP contribution in [0.1, 0.15) is 0 Å². The number of furan rings is 1. The van der Waals surface area contributed by atoms with Crippen LogP contribution >= 0.6 is 0 Å². The average Bonchev–Trinajstić information content (AvgIpc) is 3.86. The third-order valence-corrected chi connectivity index (χ3v) is 12.0. The van der Waals surface area contributed by atoms with Crippen molar-refractivity contribution < 1.29 is 4.42 Å². The molecule has 0 aliphatic heterocycles. The van der Waals surface area contributed by atoms with E-state index >= 15 is 0 Å². The van der Waals surface area contributed by atoms with E-state index in [2.05, 4.69) is 228 Å². The Morgan fingerprint density at radius 1 is 0.373 bits per heavy atom. The van der Waals surface area contributed by atoms with Gasteiger partial charge in [-0.3, -0.25) is 0 Å². The zero-order valence-electron chi connectivity index (χ0n) is 32.1. The van der Waals surface area contributed by atoms with E-state index < -0.39 is 0 Å². The van der Waals surface area contributed by atoms with Crippen LogP contribution in [0.5, 0.6) is 0 Å². The highest BCUT2D eigenvalue weighted by Crippen LogP contribution is 2.47. The summed E-state index contributed by atoms with van der Waals surface area (Å²) in [4.78, 5) is 2.39. The van der Waals surface area contributed by atoms with Crippen molar-refractivity contribution in [3.63, 3.8) is 0 Å². The lowest BCUT2D eigenvalue weighted by molar-refractivity contribution is 0.670. The van der Waals surface area contributed by atoms with E-state index in [-0.39, 0.29) is 0 Å². The standard InChI is InChI=1S/C56H36N2O/c1-2-15-40-35-44(32-27-37(40)13-1)57(42-30-28-39(29-31-42)46-23-12-16-38-14-3-4-19-45(38)46)53-34-33-47(56-55(53)50-22-7-10-26-54(50)59-56)41-17-11-18-43(36-41)58-51-24-8-5-20-48(51)49-21-6-9-25-52(49)58/h1-36H. The number of anilines is 3. The van der Waals surface area contributed by atoms with Gasteiger partial charge in [-0.1, -0.05) is 152 Å². The minimum absolute atomic E-state index is 0.861. The van der Waals surface area contributed by atoms with Crippen LogP contribution in [0.2, 0.25) is 0 Å². The van der Waals surface area contributed by atoms with Crippen molar-refractivity contribution in [2.24, 2.45) is 0 Å². The third-order valence-electron chi connectivity index (χ3n) is 12.0. The van der Waals surface area contributed by atoms with Crippen LogP contribution in [0, 0.1) is 0 Å². The van der Waals surface area contributed by atoms with Crippen LogP contribution in [0.15, 0.2) is 223 Å². The van der Waals surface area contributed by atoms with Gasteiger partial charge in [0.05, 0.1) is 22.1 Å². The second-order valence-electron chi connectivity index (χ2n) is 15.3. The molecular weight excluding hydrogens is 717 g/mol. The van der Waals surface area contributed by atoms with E-state index in [9.17, 15) is 0 Å². The summed E-state index contributed by atoms with van der Waals surface area (Å²) in [5, 5.41) is 9.53. The van der Waals surface area contributed by atoms with E-state index in [1.54, 1.807) is 0 Å². The quantitative estimate of drug-likeness (QED) is 0.169. The summed E-state index contributed by atoms with van der Waals surface area (Å²) in [5.41, 5.74) is 13.0. The van der Waals surface area contributed by atoms with Gasteiger partial charge in [-0.05, 0) is 105 Å². The molecule has 2 aromatic heterocycles. The van der Waals surface area contributed by atoms with E-state index in [0.29, 0.717) is 0 Å². The Morgan fingerprint density at radius 2 is 1.00 bits per heavy atom. The summed E-state index contributed by atoms with van der Waals surface area (Å²) in [5.74, 6) is 0. The lowest BCUT2D eigenvalue weighted by Crippen LogP contribution is -2.10. The molecule has 12 rings (SSSR count). The van der Waals surface area contributed by atoms with Crippen LogP contribution < -0.4 is 4.90 Å². The maximum absolute atomic E-state index is 6.93. The highest BCUT2D eigenvalue weighted by molar-refractivity contribution is 6.17. The van der Waals surface area contributed by atoms with Gasteiger partial charge in [0.2, 0.25) is 0 Å². The van der Waals surface area contributed by atoms with Gasteiger partial charge < -0.3 is 13.9 Å². The largest absolute Gasteiger partial charge is 0.455 e. The molecule has 0 unspecified atom stereocenters. The number of fused-ring (bicyclic) bond motifs is 8. The Balaban J connectivity index is 1.06. The topological polar surface area (TPSA) is 21.3 Å². The molecule has 0 fully saturated rings. The Kier molecular flexibility index (Phi) is 7.54. The minimum Gasteiger partial charge on any atom is -0.455 e. The molecular formula is C56H36N2O. The molecule has 12 aromatic rings. The van der Waals surface area contributed by atoms with Gasteiger partial charge in [0, 0.05) is 38.8 Å². The van der Waals surface area contributed by atoms with Gasteiger partial charge in [-0.15, -0.1) is 0 Å². The van der Waals surface area contributed by atoms with E-state index in [4.69, 9.17) is 4.42 Å². The van der Waals surface area contributed by atoms with E-state index in [1.165, 1.54) is 54.5 Å². The maximum Gasteiger partial charge on any atom is 0.145 e. The summed E-state index contributed by atoms with van der Waals surface area (Å²) in [6, 6.07) is 78.7. The predicted molar refractivity (Wildman–Crippen MR) is 249 cm³/mol. The molecule has 0 amide bonds. The average molecular weight is 753 g/mol. The molecule has 3 nitrogen and oxygen atoms in total. The fraction of sp³-hybridized carbons (Fsp3) is 0. The van der Waals surface area contributed by atoms with Crippen molar-refractivity contribution in [3.8, 4) is 27.9 Å². The zero-order valence-corrected chi connectivity index (χ0v) is 32.1. The van der Waals surface area contributed by atoms with Gasteiger partial charge in [0.15, 0.2) is 0 Å². The molecule has 276 valence electrons. The van der Waals surface area contributed by atoms with Gasteiger partial charge in [0.25, 0.3) is 0 Å². The fourth-order valence-corrected chi connectivity index (χ4v) is 9.25. The number of hydrogen-bond acceptors (Lipinski definition) is 2. The van der Waals surface area contributed by atoms with E-state index in [0.717, 1.165) is 55.8 Å². The van der Waals surface area contributed by atoms with Gasteiger partial charge >= 0.3 is 0 Å². The summed E-state index contributed by atoms with van der Waals surface area (Å²) in [6.45, 7) is 0. The van der Waals surface area contributed by atoms with Gasteiger partial charge in [0.1, 0.15) is 11.2 Å². The first-order valence-electron chi connectivity index (χ1n) is 20.2. The molecule has 0 saturated carbocycles. The first kappa shape index (κ1) is 33.3. The van der Waals surface area contributed by atoms with Crippen LogP contribution in [-0.4, -0.2) is 4.57 Å². The Labute approximate surface area is 341 Å². The predicted octanol–water partition coefficient (Wildman–Crippen LogP) is 15.8. The number of hydrogen-bond donors (Lipinski definition) is 0. The van der Waals surface area contributed by atoms with Crippen molar-refractivity contribution >= 4 is 82.4 Å². The molecule has 0 saturated heterocycles. The Hall–Kier alpha value is -7.88. The fourth-order valence-electron chi connectivity index (χ4n) is 9.25. The Bertz CT molecular complexity index is 3510. The molecule has 0 aliphatic carbocycles. The number of para-hydroxylation sites is 3. The number of aromatic nitrogens is 1. The smallest absolute Gasteiger partial charge is 0.145 e. The molecule has 0 spiro atoms. The number of rotatable bonds is 6. The number of benzene rings is 10. The van der Waals surface area contributed by atoms with Gasteiger partial charge in [-0.25, -0.2) is 0 Å². The lowest BCUT2D eigenvalue weighted by Gasteiger charge is -2.27. The maximum atomic E-state index is 6.93. The van der Waals surface area contributed by atoms with Crippen molar-refractivity contribution in [3.05, 3.63) is 218 Å². The van der Waals surface area contributed by atoms with Crippen LogP contribution in [0.25, 0.3) is 93.2 Å². The first-order chi connectivity index (χ1) is 29.3. The Morgan fingerprint density at radius 3 is 1.80 bits per heavy atom. The normalized spacial score (nSPS) is 11.7. The molecule has 0 aliphatic rings. The molecule has 10 aromatic carbocycles.